The molecule has 0 aromatic heterocycles. The highest BCUT2D eigenvalue weighted by Gasteiger charge is 2.32. The van der Waals surface area contributed by atoms with Gasteiger partial charge in [0.05, 0.1) is 30.9 Å². The monoisotopic (exact) mass is 534 g/mol. The molecule has 0 unspecified atom stereocenters. The Labute approximate surface area is 211 Å². The Morgan fingerprint density at radius 3 is 1.38 bits per heavy atom. The minimum atomic E-state index is -4.50. The average molecular weight is 534 g/mol. The number of halogens is 6. The van der Waals surface area contributed by atoms with E-state index in [2.05, 4.69) is 0 Å². The van der Waals surface area contributed by atoms with Crippen molar-refractivity contribution in [3.63, 3.8) is 0 Å². The van der Waals surface area contributed by atoms with Crippen LogP contribution in [0.3, 0.4) is 0 Å². The van der Waals surface area contributed by atoms with Crippen molar-refractivity contribution in [3.8, 4) is 22.6 Å². The lowest BCUT2D eigenvalue weighted by Gasteiger charge is -2.22. The van der Waals surface area contributed by atoms with Gasteiger partial charge in [0.15, 0.2) is 0 Å². The van der Waals surface area contributed by atoms with E-state index in [1.165, 1.54) is 38.5 Å². The Bertz CT molecular complexity index is 1280. The normalized spacial score (nSPS) is 12.0. The summed E-state index contributed by atoms with van der Waals surface area (Å²) in [6.07, 6.45) is -9.01. The van der Waals surface area contributed by atoms with Gasteiger partial charge in [-0.3, -0.25) is 0 Å². The summed E-state index contributed by atoms with van der Waals surface area (Å²) in [6.45, 7) is 0. The van der Waals surface area contributed by atoms with Gasteiger partial charge in [-0.2, -0.15) is 26.3 Å². The molecule has 0 saturated heterocycles. The molecule has 2 nitrogen and oxygen atoms in total. The van der Waals surface area contributed by atoms with Crippen molar-refractivity contribution in [2.24, 2.45) is 0 Å². The second-order valence-electron chi connectivity index (χ2n) is 8.01. The van der Waals surface area contributed by atoms with Gasteiger partial charge in [0.1, 0.15) is 11.5 Å². The summed E-state index contributed by atoms with van der Waals surface area (Å²) in [4.78, 5) is 0. The van der Waals surface area contributed by atoms with E-state index in [-0.39, 0.29) is 0 Å². The first-order valence-corrected chi connectivity index (χ1v) is 12.3. The number of hydrogen-bond donors (Lipinski definition) is 0. The quantitative estimate of drug-likeness (QED) is 0.193. The van der Waals surface area contributed by atoms with Gasteiger partial charge in [-0.15, -0.1) is 0 Å². The van der Waals surface area contributed by atoms with E-state index in [9.17, 15) is 26.3 Å². The summed E-state index contributed by atoms with van der Waals surface area (Å²) in [5, 5.41) is 1.86. The standard InChI is InChI=1S/C28H21F6O2P/c1-35-24-7-4-8-25(36-2)26(24)18-5-3-6-23(17-18)37(21-13-9-19(10-14-21)27(29,30)31)22-15-11-20(12-16-22)28(32,33)34/h3-17H,1-2H3. The highest BCUT2D eigenvalue weighted by molar-refractivity contribution is 7.79. The molecule has 9 heteroatoms. The zero-order valence-electron chi connectivity index (χ0n) is 19.7. The lowest BCUT2D eigenvalue weighted by Crippen LogP contribution is -2.22. The number of benzene rings is 4. The van der Waals surface area contributed by atoms with Crippen LogP contribution in [0.1, 0.15) is 11.1 Å². The van der Waals surface area contributed by atoms with Crippen molar-refractivity contribution in [1.82, 2.24) is 0 Å². The van der Waals surface area contributed by atoms with Gasteiger partial charge >= 0.3 is 12.4 Å². The van der Waals surface area contributed by atoms with Crippen molar-refractivity contribution in [2.45, 2.75) is 12.4 Å². The number of rotatable bonds is 6. The molecule has 0 heterocycles. The van der Waals surface area contributed by atoms with E-state index in [1.54, 1.807) is 24.3 Å². The van der Waals surface area contributed by atoms with E-state index >= 15 is 0 Å². The van der Waals surface area contributed by atoms with Crippen molar-refractivity contribution >= 4 is 23.8 Å². The summed E-state index contributed by atoms with van der Waals surface area (Å²) < 4.78 is 90.1. The molecule has 0 spiro atoms. The molecular formula is C28H21F6O2P. The number of methoxy groups -OCH3 is 2. The van der Waals surface area contributed by atoms with Crippen molar-refractivity contribution in [2.75, 3.05) is 14.2 Å². The van der Waals surface area contributed by atoms with Crippen molar-refractivity contribution in [3.05, 3.63) is 102 Å². The summed E-state index contributed by atoms with van der Waals surface area (Å²) in [6, 6.07) is 22.1. The lowest BCUT2D eigenvalue weighted by molar-refractivity contribution is -0.138. The third-order valence-corrected chi connectivity index (χ3v) is 8.15. The van der Waals surface area contributed by atoms with Crippen LogP contribution in [0.5, 0.6) is 11.5 Å². The maximum atomic E-state index is 13.2. The molecule has 0 N–H and O–H groups in total. The molecule has 4 aromatic rings. The maximum absolute atomic E-state index is 13.2. The first-order chi connectivity index (χ1) is 17.5. The molecule has 0 fully saturated rings. The van der Waals surface area contributed by atoms with Gasteiger partial charge in [-0.1, -0.05) is 48.5 Å². The maximum Gasteiger partial charge on any atom is 0.416 e. The van der Waals surface area contributed by atoms with Gasteiger partial charge < -0.3 is 9.47 Å². The van der Waals surface area contributed by atoms with Crippen LogP contribution in [-0.4, -0.2) is 14.2 Å². The predicted molar refractivity (Wildman–Crippen MR) is 134 cm³/mol. The van der Waals surface area contributed by atoms with E-state index in [0.29, 0.717) is 27.7 Å². The Kier molecular flexibility index (Phi) is 7.51. The molecular weight excluding hydrogens is 513 g/mol. The van der Waals surface area contributed by atoms with E-state index in [1.807, 2.05) is 18.2 Å². The Hall–Kier alpha value is -3.51. The summed E-state index contributed by atoms with van der Waals surface area (Å²) >= 11 is 0. The molecule has 192 valence electrons. The molecule has 0 aliphatic carbocycles. The van der Waals surface area contributed by atoms with Crippen LogP contribution in [0.4, 0.5) is 26.3 Å². The average Bonchev–Trinajstić information content (AvgIpc) is 2.88. The topological polar surface area (TPSA) is 18.5 Å². The number of alkyl halides is 6. The fourth-order valence-corrected chi connectivity index (χ4v) is 6.27. The zero-order chi connectivity index (χ0) is 26.8. The van der Waals surface area contributed by atoms with Crippen LogP contribution < -0.4 is 25.4 Å². The molecule has 0 amide bonds. The van der Waals surface area contributed by atoms with Crippen LogP contribution in [0.15, 0.2) is 91.0 Å². The van der Waals surface area contributed by atoms with Crippen molar-refractivity contribution in [1.29, 1.82) is 0 Å². The third kappa shape index (κ3) is 5.75. The van der Waals surface area contributed by atoms with Gasteiger partial charge in [0.25, 0.3) is 0 Å². The van der Waals surface area contributed by atoms with Gasteiger partial charge in [-0.05, 0) is 71.9 Å². The van der Waals surface area contributed by atoms with Crippen LogP contribution in [0.2, 0.25) is 0 Å². The zero-order valence-corrected chi connectivity index (χ0v) is 20.6. The van der Waals surface area contributed by atoms with E-state index < -0.39 is 31.4 Å². The molecule has 0 atom stereocenters. The third-order valence-electron chi connectivity index (χ3n) is 5.73. The number of hydrogen-bond acceptors (Lipinski definition) is 2. The molecule has 0 aliphatic rings. The molecule has 0 aliphatic heterocycles. The fourth-order valence-electron chi connectivity index (χ4n) is 3.98. The Morgan fingerprint density at radius 2 is 0.973 bits per heavy atom. The molecule has 37 heavy (non-hydrogen) atoms. The van der Waals surface area contributed by atoms with Gasteiger partial charge in [-0.25, -0.2) is 0 Å². The second-order valence-corrected chi connectivity index (χ2v) is 10.2. The minimum absolute atomic E-state index is 0.560. The van der Waals surface area contributed by atoms with Crippen LogP contribution >= 0.6 is 7.92 Å². The van der Waals surface area contributed by atoms with Gasteiger partial charge in [0.2, 0.25) is 0 Å². The molecule has 0 saturated carbocycles. The smallest absolute Gasteiger partial charge is 0.416 e. The molecule has 4 aromatic carbocycles. The first-order valence-electron chi connectivity index (χ1n) is 11.0. The SMILES string of the molecule is COc1cccc(OC)c1-c1cccc(P(c2ccc(C(F)(F)F)cc2)c2ccc(C(F)(F)F)cc2)c1. The second kappa shape index (κ2) is 10.5. The highest BCUT2D eigenvalue weighted by Crippen LogP contribution is 2.41. The van der Waals surface area contributed by atoms with Gasteiger partial charge in [0, 0.05) is 0 Å². The summed E-state index contributed by atoms with van der Waals surface area (Å²) in [5.74, 6) is 1.12. The molecule has 4 rings (SSSR count). The Morgan fingerprint density at radius 1 is 0.541 bits per heavy atom. The molecule has 0 radical (unpaired) electrons. The number of ether oxygens (including phenoxy) is 2. The van der Waals surface area contributed by atoms with Crippen molar-refractivity contribution < 1.29 is 35.8 Å². The van der Waals surface area contributed by atoms with E-state index in [0.717, 1.165) is 35.1 Å². The largest absolute Gasteiger partial charge is 0.496 e. The Balaban J connectivity index is 1.87. The van der Waals surface area contributed by atoms with E-state index in [4.69, 9.17) is 9.47 Å². The fraction of sp³-hybridized carbons (Fsp3) is 0.143. The lowest BCUT2D eigenvalue weighted by atomic mass is 10.0. The minimum Gasteiger partial charge on any atom is -0.496 e. The summed E-state index contributed by atoms with van der Waals surface area (Å²) in [7, 11) is 1.56. The highest BCUT2D eigenvalue weighted by atomic mass is 31.1. The molecule has 0 bridgehead atoms. The summed E-state index contributed by atoms with van der Waals surface area (Å²) in [5.41, 5.74) is -0.181. The van der Waals surface area contributed by atoms with Crippen LogP contribution in [-0.2, 0) is 12.4 Å². The van der Waals surface area contributed by atoms with Crippen LogP contribution in [0, 0.1) is 0 Å². The van der Waals surface area contributed by atoms with Crippen LogP contribution in [0.25, 0.3) is 11.1 Å². The first kappa shape index (κ1) is 26.6. The predicted octanol–water partition coefficient (Wildman–Crippen LogP) is 7.17.